The van der Waals surface area contributed by atoms with E-state index in [1.807, 2.05) is 0 Å². The van der Waals surface area contributed by atoms with Crippen molar-refractivity contribution in [3.63, 3.8) is 0 Å². The first-order chi connectivity index (χ1) is 15.4. The molecule has 4 aromatic rings. The Labute approximate surface area is 183 Å². The van der Waals surface area contributed by atoms with Crippen molar-refractivity contribution in [3.8, 4) is 0 Å². The lowest BCUT2D eigenvalue weighted by Gasteiger charge is -2.37. The highest BCUT2D eigenvalue weighted by molar-refractivity contribution is 6.12. The summed E-state index contributed by atoms with van der Waals surface area (Å²) < 4.78 is 16.0. The van der Waals surface area contributed by atoms with Crippen LogP contribution in [0.3, 0.4) is 0 Å². The summed E-state index contributed by atoms with van der Waals surface area (Å²) in [7, 11) is 0. The Morgan fingerprint density at radius 3 is 2.59 bits per heavy atom. The Kier molecular flexibility index (Phi) is 4.93. The lowest BCUT2D eigenvalue weighted by atomic mass is 10.1. The molecule has 5 heterocycles. The molecule has 9 nitrogen and oxygen atoms in total. The fourth-order valence-corrected chi connectivity index (χ4v) is 4.29. The number of halogens is 1. The summed E-state index contributed by atoms with van der Waals surface area (Å²) in [5.41, 5.74) is 2.49. The normalized spacial score (nSPS) is 18.9. The van der Waals surface area contributed by atoms with E-state index in [9.17, 15) is 9.18 Å². The second-order valence-electron chi connectivity index (χ2n) is 8.27. The van der Waals surface area contributed by atoms with Gasteiger partial charge in [0.2, 0.25) is 0 Å². The molecule has 0 saturated carbocycles. The van der Waals surface area contributed by atoms with E-state index in [1.165, 1.54) is 12.3 Å². The van der Waals surface area contributed by atoms with Crippen LogP contribution in [-0.4, -0.2) is 55.4 Å². The molecule has 2 N–H and O–H groups in total. The van der Waals surface area contributed by atoms with Crippen molar-refractivity contribution in [1.29, 1.82) is 0 Å². The molecule has 0 aromatic carbocycles. The number of piperazine rings is 1. The van der Waals surface area contributed by atoms with Crippen molar-refractivity contribution in [1.82, 2.24) is 29.7 Å². The molecule has 0 bridgehead atoms. The van der Waals surface area contributed by atoms with Crippen LogP contribution < -0.4 is 15.5 Å². The van der Waals surface area contributed by atoms with Crippen molar-refractivity contribution >= 4 is 34.1 Å². The molecule has 4 aromatic heterocycles. The van der Waals surface area contributed by atoms with E-state index in [-0.39, 0.29) is 11.2 Å². The maximum absolute atomic E-state index is 14.4. The molecule has 1 saturated heterocycles. The Balaban J connectivity index is 1.50. The SMILES string of the molecule is Cc1cn2cc(NC(=O)c3cnc(N4CC(C)NC(C)C4)c4nccnc34)cc(F)c2n1. The molecule has 1 fully saturated rings. The summed E-state index contributed by atoms with van der Waals surface area (Å²) in [5.74, 6) is -0.255. The highest BCUT2D eigenvalue weighted by Gasteiger charge is 2.25. The van der Waals surface area contributed by atoms with Gasteiger partial charge >= 0.3 is 0 Å². The molecular formula is C22H23FN8O. The van der Waals surface area contributed by atoms with Crippen LogP contribution in [0.2, 0.25) is 0 Å². The standard InChI is InChI=1S/C22H23FN8O/c1-12-8-30(9-13(2)27-12)21-19-18(24-4-5-25-19)16(7-26-21)22(32)29-15-6-17(23)20-28-14(3)10-31(20)11-15/h4-7,10-13,27H,8-9H2,1-3H3,(H,29,32). The zero-order chi connectivity index (χ0) is 22.4. The topological polar surface area (TPSA) is 100 Å². The molecular weight excluding hydrogens is 411 g/mol. The first kappa shape index (κ1) is 20.3. The predicted molar refractivity (Wildman–Crippen MR) is 119 cm³/mol. The average Bonchev–Trinajstić information content (AvgIpc) is 3.13. The molecule has 2 unspecified atom stereocenters. The van der Waals surface area contributed by atoms with Gasteiger partial charge in [0.05, 0.1) is 16.9 Å². The fourth-order valence-electron chi connectivity index (χ4n) is 4.29. The van der Waals surface area contributed by atoms with Gasteiger partial charge in [-0.05, 0) is 20.8 Å². The number of nitrogens with one attached hydrogen (secondary N) is 2. The van der Waals surface area contributed by atoms with E-state index in [2.05, 4.69) is 49.3 Å². The number of aromatic nitrogens is 5. The minimum absolute atomic E-state index is 0.210. The van der Waals surface area contributed by atoms with Gasteiger partial charge in [0, 0.05) is 62.2 Å². The van der Waals surface area contributed by atoms with Crippen LogP contribution in [0.4, 0.5) is 15.9 Å². The first-order valence-corrected chi connectivity index (χ1v) is 10.5. The average molecular weight is 434 g/mol. The van der Waals surface area contributed by atoms with Gasteiger partial charge in [0.15, 0.2) is 17.3 Å². The third kappa shape index (κ3) is 3.62. The lowest BCUT2D eigenvalue weighted by Crippen LogP contribution is -2.54. The van der Waals surface area contributed by atoms with E-state index in [4.69, 9.17) is 0 Å². The molecule has 1 aliphatic rings. The molecule has 0 spiro atoms. The van der Waals surface area contributed by atoms with Gasteiger partial charge in [-0.3, -0.25) is 9.78 Å². The van der Waals surface area contributed by atoms with Crippen molar-refractivity contribution < 1.29 is 9.18 Å². The van der Waals surface area contributed by atoms with Crippen LogP contribution in [-0.2, 0) is 0 Å². The minimum atomic E-state index is -0.518. The van der Waals surface area contributed by atoms with E-state index in [0.717, 1.165) is 13.1 Å². The largest absolute Gasteiger partial charge is 0.352 e. The Bertz CT molecular complexity index is 1330. The number of anilines is 2. The highest BCUT2D eigenvalue weighted by atomic mass is 19.1. The molecule has 1 amide bonds. The summed E-state index contributed by atoms with van der Waals surface area (Å²) in [4.78, 5) is 32.8. The fraction of sp³-hybridized carbons (Fsp3) is 0.318. The number of carbonyl (C=O) groups is 1. The number of pyridine rings is 2. The molecule has 164 valence electrons. The molecule has 32 heavy (non-hydrogen) atoms. The van der Waals surface area contributed by atoms with E-state index in [0.29, 0.717) is 40.3 Å². The molecule has 0 radical (unpaired) electrons. The third-order valence-corrected chi connectivity index (χ3v) is 5.47. The van der Waals surface area contributed by atoms with Crippen LogP contribution in [0.1, 0.15) is 29.9 Å². The Morgan fingerprint density at radius 2 is 1.84 bits per heavy atom. The number of imidazole rings is 1. The van der Waals surface area contributed by atoms with Gasteiger partial charge in [-0.1, -0.05) is 0 Å². The van der Waals surface area contributed by atoms with Crippen molar-refractivity contribution in [3.05, 3.63) is 54.1 Å². The van der Waals surface area contributed by atoms with Gasteiger partial charge in [-0.15, -0.1) is 0 Å². The van der Waals surface area contributed by atoms with Gasteiger partial charge in [0.25, 0.3) is 5.91 Å². The second kappa shape index (κ2) is 7.79. The maximum atomic E-state index is 14.4. The molecule has 1 aliphatic heterocycles. The van der Waals surface area contributed by atoms with Crippen molar-refractivity contribution in [2.45, 2.75) is 32.9 Å². The Morgan fingerprint density at radius 1 is 1.12 bits per heavy atom. The molecule has 5 rings (SSSR count). The first-order valence-electron chi connectivity index (χ1n) is 10.5. The maximum Gasteiger partial charge on any atom is 0.259 e. The monoisotopic (exact) mass is 434 g/mol. The van der Waals surface area contributed by atoms with Gasteiger partial charge in [-0.25, -0.2) is 19.3 Å². The van der Waals surface area contributed by atoms with Gasteiger partial charge in [-0.2, -0.15) is 0 Å². The van der Waals surface area contributed by atoms with Crippen LogP contribution in [0.25, 0.3) is 16.7 Å². The number of rotatable bonds is 3. The predicted octanol–water partition coefficient (Wildman–Crippen LogP) is 2.56. The number of hydrogen-bond donors (Lipinski definition) is 2. The summed E-state index contributed by atoms with van der Waals surface area (Å²) in [5, 5.41) is 6.24. The summed E-state index contributed by atoms with van der Waals surface area (Å²) in [6.45, 7) is 7.57. The van der Waals surface area contributed by atoms with E-state index in [1.54, 1.807) is 36.1 Å². The number of aryl methyl sites for hydroxylation is 1. The lowest BCUT2D eigenvalue weighted by molar-refractivity contribution is 0.102. The zero-order valence-electron chi connectivity index (χ0n) is 18.0. The van der Waals surface area contributed by atoms with Crippen LogP contribution >= 0.6 is 0 Å². The highest BCUT2D eigenvalue weighted by Crippen LogP contribution is 2.26. The number of amides is 1. The zero-order valence-corrected chi connectivity index (χ0v) is 18.0. The van der Waals surface area contributed by atoms with E-state index < -0.39 is 11.7 Å². The van der Waals surface area contributed by atoms with Crippen molar-refractivity contribution in [2.75, 3.05) is 23.3 Å². The number of hydrogen-bond acceptors (Lipinski definition) is 7. The number of fused-ring (bicyclic) bond motifs is 2. The van der Waals surface area contributed by atoms with Crippen LogP contribution in [0, 0.1) is 12.7 Å². The molecule has 10 heteroatoms. The van der Waals surface area contributed by atoms with E-state index >= 15 is 0 Å². The summed E-state index contributed by atoms with van der Waals surface area (Å²) in [6, 6.07) is 1.84. The number of nitrogens with zero attached hydrogens (tertiary/aromatic N) is 6. The van der Waals surface area contributed by atoms with Gasteiger partial charge < -0.3 is 19.9 Å². The molecule has 0 aliphatic carbocycles. The number of carbonyl (C=O) groups excluding carboxylic acids is 1. The van der Waals surface area contributed by atoms with Crippen molar-refractivity contribution in [2.24, 2.45) is 0 Å². The smallest absolute Gasteiger partial charge is 0.259 e. The third-order valence-electron chi connectivity index (χ3n) is 5.47. The summed E-state index contributed by atoms with van der Waals surface area (Å²) in [6.07, 6.45) is 7.96. The van der Waals surface area contributed by atoms with Crippen LogP contribution in [0.5, 0.6) is 0 Å². The second-order valence-corrected chi connectivity index (χ2v) is 8.27. The minimum Gasteiger partial charge on any atom is -0.352 e. The quantitative estimate of drug-likeness (QED) is 0.511. The molecule has 2 atom stereocenters. The Hall–Kier alpha value is -3.66. The van der Waals surface area contributed by atoms with Crippen LogP contribution in [0.15, 0.2) is 37.1 Å². The van der Waals surface area contributed by atoms with Gasteiger partial charge in [0.1, 0.15) is 11.0 Å². The summed E-state index contributed by atoms with van der Waals surface area (Å²) >= 11 is 0.